The molecular formula is C13H18BrNO4S. The van der Waals surface area contributed by atoms with Crippen LogP contribution in [0.2, 0.25) is 0 Å². The van der Waals surface area contributed by atoms with Gasteiger partial charge in [-0.15, -0.1) is 0 Å². The molecule has 1 N–H and O–H groups in total. The van der Waals surface area contributed by atoms with E-state index in [1.54, 1.807) is 25.1 Å². The number of sulfonamides is 1. The molecule has 1 aromatic carbocycles. The Morgan fingerprint density at radius 1 is 1.40 bits per heavy atom. The second kappa shape index (κ2) is 7.19. The summed E-state index contributed by atoms with van der Waals surface area (Å²) in [5, 5.41) is 0. The minimum atomic E-state index is -3.80. The van der Waals surface area contributed by atoms with Crippen LogP contribution in [0.5, 0.6) is 0 Å². The van der Waals surface area contributed by atoms with Crippen molar-refractivity contribution in [3.8, 4) is 0 Å². The van der Waals surface area contributed by atoms with Crippen molar-refractivity contribution in [1.82, 2.24) is 4.72 Å². The van der Waals surface area contributed by atoms with Crippen molar-refractivity contribution in [2.75, 3.05) is 7.11 Å². The molecule has 0 spiro atoms. The normalized spacial score (nSPS) is 14.6. The van der Waals surface area contributed by atoms with Crippen molar-refractivity contribution < 1.29 is 17.9 Å². The quantitative estimate of drug-likeness (QED) is 0.787. The highest BCUT2D eigenvalue weighted by atomic mass is 79.9. The topological polar surface area (TPSA) is 72.5 Å². The summed E-state index contributed by atoms with van der Waals surface area (Å²) in [6, 6.07) is 5.54. The molecule has 0 aromatic heterocycles. The lowest BCUT2D eigenvalue weighted by atomic mass is 10.0. The van der Waals surface area contributed by atoms with Gasteiger partial charge in [0.2, 0.25) is 10.0 Å². The molecule has 20 heavy (non-hydrogen) atoms. The molecule has 2 atom stereocenters. The second-order valence-electron chi connectivity index (χ2n) is 4.44. The number of ether oxygens (including phenoxy) is 1. The number of halogens is 1. The molecule has 1 aromatic rings. The average molecular weight is 364 g/mol. The van der Waals surface area contributed by atoms with Gasteiger partial charge in [-0.05, 0) is 34.0 Å². The molecule has 0 amide bonds. The molecule has 5 nitrogen and oxygen atoms in total. The first-order valence-corrected chi connectivity index (χ1v) is 8.45. The molecule has 7 heteroatoms. The Hall–Kier alpha value is -0.920. The smallest absolute Gasteiger partial charge is 0.324 e. The van der Waals surface area contributed by atoms with E-state index >= 15 is 0 Å². The summed E-state index contributed by atoms with van der Waals surface area (Å²) in [6.07, 6.45) is 0.651. The second-order valence-corrected chi connectivity index (χ2v) is 6.97. The third kappa shape index (κ3) is 4.04. The first-order valence-electron chi connectivity index (χ1n) is 6.18. The van der Waals surface area contributed by atoms with Gasteiger partial charge in [-0.3, -0.25) is 4.79 Å². The molecule has 0 saturated heterocycles. The maximum absolute atomic E-state index is 12.4. The monoisotopic (exact) mass is 363 g/mol. The minimum Gasteiger partial charge on any atom is -0.468 e. The molecule has 0 unspecified atom stereocenters. The molecule has 1 rings (SSSR count). The summed E-state index contributed by atoms with van der Waals surface area (Å²) in [4.78, 5) is 11.8. The SMILES string of the molecule is CC[C@@H](C)[C@H](NS(=O)(=O)c1ccccc1Br)C(=O)OC. The number of hydrogen-bond donors (Lipinski definition) is 1. The van der Waals surface area contributed by atoms with Crippen molar-refractivity contribution in [2.45, 2.75) is 31.2 Å². The van der Waals surface area contributed by atoms with Crippen molar-refractivity contribution in [3.63, 3.8) is 0 Å². The van der Waals surface area contributed by atoms with Crippen LogP contribution in [0.1, 0.15) is 20.3 Å². The number of carbonyl (C=O) groups is 1. The fraction of sp³-hybridized carbons (Fsp3) is 0.462. The van der Waals surface area contributed by atoms with E-state index in [4.69, 9.17) is 0 Å². The summed E-state index contributed by atoms with van der Waals surface area (Å²) in [7, 11) is -2.56. The highest BCUT2D eigenvalue weighted by Gasteiger charge is 2.31. The zero-order chi connectivity index (χ0) is 15.3. The number of methoxy groups -OCH3 is 1. The molecule has 0 aliphatic carbocycles. The molecule has 0 bridgehead atoms. The predicted molar refractivity (Wildman–Crippen MR) is 79.7 cm³/mol. The van der Waals surface area contributed by atoms with Gasteiger partial charge < -0.3 is 4.74 Å². The van der Waals surface area contributed by atoms with Crippen LogP contribution in [0.15, 0.2) is 33.6 Å². The van der Waals surface area contributed by atoms with Gasteiger partial charge in [-0.1, -0.05) is 32.4 Å². The Morgan fingerprint density at radius 3 is 2.50 bits per heavy atom. The summed E-state index contributed by atoms with van der Waals surface area (Å²) >= 11 is 3.19. The van der Waals surface area contributed by atoms with Crippen LogP contribution >= 0.6 is 15.9 Å². The lowest BCUT2D eigenvalue weighted by molar-refractivity contribution is -0.143. The fourth-order valence-electron chi connectivity index (χ4n) is 1.65. The first-order chi connectivity index (χ1) is 9.33. The molecule has 0 fully saturated rings. The fourth-order valence-corrected chi connectivity index (χ4v) is 3.95. The van der Waals surface area contributed by atoms with Crippen LogP contribution in [0, 0.1) is 5.92 Å². The summed E-state index contributed by atoms with van der Waals surface area (Å²) < 4.78 is 32.2. The molecular weight excluding hydrogens is 346 g/mol. The van der Waals surface area contributed by atoms with E-state index in [2.05, 4.69) is 25.4 Å². The highest BCUT2D eigenvalue weighted by Crippen LogP contribution is 2.22. The number of hydrogen-bond acceptors (Lipinski definition) is 4. The number of rotatable bonds is 6. The Kier molecular flexibility index (Phi) is 6.16. The van der Waals surface area contributed by atoms with Gasteiger partial charge in [0.15, 0.2) is 0 Å². The standard InChI is InChI=1S/C13H18BrNO4S/c1-4-9(2)12(13(16)19-3)15-20(17,18)11-8-6-5-7-10(11)14/h5-9,12,15H,4H2,1-3H3/t9-,12+/m1/s1. The van der Waals surface area contributed by atoms with Crippen LogP contribution < -0.4 is 4.72 Å². The first kappa shape index (κ1) is 17.1. The number of nitrogens with one attached hydrogen (secondary N) is 1. The predicted octanol–water partition coefficient (Wildman–Crippen LogP) is 2.32. The molecule has 0 heterocycles. The largest absolute Gasteiger partial charge is 0.468 e. The average Bonchev–Trinajstić information content (AvgIpc) is 2.43. The zero-order valence-electron chi connectivity index (χ0n) is 11.6. The molecule has 0 aliphatic rings. The van der Waals surface area contributed by atoms with Crippen LogP contribution in [0.3, 0.4) is 0 Å². The van der Waals surface area contributed by atoms with Gasteiger partial charge >= 0.3 is 5.97 Å². The van der Waals surface area contributed by atoms with E-state index in [0.717, 1.165) is 0 Å². The van der Waals surface area contributed by atoms with E-state index in [1.165, 1.54) is 13.2 Å². The Labute approximate surface area is 127 Å². The van der Waals surface area contributed by atoms with Crippen molar-refractivity contribution in [2.24, 2.45) is 5.92 Å². The summed E-state index contributed by atoms with van der Waals surface area (Å²) in [5.41, 5.74) is 0. The molecule has 0 aliphatic heterocycles. The lowest BCUT2D eigenvalue weighted by Gasteiger charge is -2.22. The van der Waals surface area contributed by atoms with Gasteiger partial charge in [-0.2, -0.15) is 4.72 Å². The Bertz CT molecular complexity index is 573. The van der Waals surface area contributed by atoms with Crippen molar-refractivity contribution >= 4 is 31.9 Å². The minimum absolute atomic E-state index is 0.0946. The van der Waals surface area contributed by atoms with Gasteiger partial charge in [-0.25, -0.2) is 8.42 Å². The molecule has 0 radical (unpaired) electrons. The van der Waals surface area contributed by atoms with E-state index in [9.17, 15) is 13.2 Å². The molecule has 0 saturated carbocycles. The van der Waals surface area contributed by atoms with Crippen LogP contribution in [-0.4, -0.2) is 27.5 Å². The number of esters is 1. The van der Waals surface area contributed by atoms with Crippen LogP contribution in [-0.2, 0) is 19.6 Å². The van der Waals surface area contributed by atoms with E-state index < -0.39 is 22.0 Å². The highest BCUT2D eigenvalue weighted by molar-refractivity contribution is 9.10. The Morgan fingerprint density at radius 2 is 2.00 bits per heavy atom. The summed E-state index contributed by atoms with van der Waals surface area (Å²) in [6.45, 7) is 3.68. The van der Waals surface area contributed by atoms with Gasteiger partial charge in [0.1, 0.15) is 6.04 Å². The van der Waals surface area contributed by atoms with Crippen LogP contribution in [0.4, 0.5) is 0 Å². The lowest BCUT2D eigenvalue weighted by Crippen LogP contribution is -2.45. The Balaban J connectivity index is 3.10. The maximum atomic E-state index is 12.4. The van der Waals surface area contributed by atoms with Gasteiger partial charge in [0.05, 0.1) is 12.0 Å². The zero-order valence-corrected chi connectivity index (χ0v) is 14.0. The van der Waals surface area contributed by atoms with E-state index in [1.807, 2.05) is 6.92 Å². The maximum Gasteiger partial charge on any atom is 0.324 e. The van der Waals surface area contributed by atoms with Gasteiger partial charge in [0, 0.05) is 4.47 Å². The third-order valence-electron chi connectivity index (χ3n) is 3.08. The third-order valence-corrected chi connectivity index (χ3v) is 5.53. The summed E-state index contributed by atoms with van der Waals surface area (Å²) in [5.74, 6) is -0.755. The number of carbonyl (C=O) groups excluding carboxylic acids is 1. The van der Waals surface area contributed by atoms with E-state index in [0.29, 0.717) is 10.9 Å². The van der Waals surface area contributed by atoms with Crippen molar-refractivity contribution in [1.29, 1.82) is 0 Å². The van der Waals surface area contributed by atoms with Crippen LogP contribution in [0.25, 0.3) is 0 Å². The van der Waals surface area contributed by atoms with E-state index in [-0.39, 0.29) is 10.8 Å². The number of benzene rings is 1. The van der Waals surface area contributed by atoms with Crippen molar-refractivity contribution in [3.05, 3.63) is 28.7 Å². The van der Waals surface area contributed by atoms with Gasteiger partial charge in [0.25, 0.3) is 0 Å². The molecule has 112 valence electrons.